The summed E-state index contributed by atoms with van der Waals surface area (Å²) in [5, 5.41) is 6.30. The van der Waals surface area contributed by atoms with E-state index in [1.807, 2.05) is 6.07 Å². The number of aryl methyl sites for hydroxylation is 1. The number of nitrogens with one attached hydrogen (secondary N) is 1. The van der Waals surface area contributed by atoms with Crippen LogP contribution in [0, 0.1) is 12.8 Å². The fraction of sp³-hybridized carbons (Fsp3) is 0.294. The highest BCUT2D eigenvalue weighted by Crippen LogP contribution is 2.23. The van der Waals surface area contributed by atoms with Crippen molar-refractivity contribution < 1.29 is 14.1 Å². The van der Waals surface area contributed by atoms with Crippen LogP contribution in [0.2, 0.25) is 0 Å². The number of carbonyl (C=O) groups excluding carboxylic acids is 1. The second kappa shape index (κ2) is 7.49. The van der Waals surface area contributed by atoms with Crippen molar-refractivity contribution in [2.75, 3.05) is 17.7 Å². The molecule has 23 heavy (non-hydrogen) atoms. The van der Waals surface area contributed by atoms with Crippen molar-refractivity contribution >= 4 is 23.5 Å². The molecule has 6 heteroatoms. The van der Waals surface area contributed by atoms with Crippen LogP contribution in [-0.4, -0.2) is 17.7 Å². The molecular formula is C17H21N3O3. The Morgan fingerprint density at radius 2 is 2.22 bits per heavy atom. The third-order valence-corrected chi connectivity index (χ3v) is 2.91. The molecule has 2 aromatic rings. The van der Waals surface area contributed by atoms with E-state index in [-0.39, 0.29) is 5.91 Å². The number of ether oxygens (including phenoxy) is 1. The third-order valence-electron chi connectivity index (χ3n) is 2.91. The van der Waals surface area contributed by atoms with Crippen LogP contribution in [0.4, 0.5) is 11.5 Å². The lowest BCUT2D eigenvalue weighted by Gasteiger charge is -2.11. The highest BCUT2D eigenvalue weighted by atomic mass is 16.5. The summed E-state index contributed by atoms with van der Waals surface area (Å²) in [7, 11) is 0. The van der Waals surface area contributed by atoms with Crippen LogP contribution in [-0.2, 0) is 4.79 Å². The molecule has 0 aliphatic rings. The van der Waals surface area contributed by atoms with Gasteiger partial charge in [0.05, 0.1) is 12.3 Å². The van der Waals surface area contributed by atoms with Crippen LogP contribution in [0.1, 0.15) is 25.2 Å². The predicted octanol–water partition coefficient (Wildman–Crippen LogP) is 3.25. The van der Waals surface area contributed by atoms with E-state index in [1.165, 1.54) is 6.08 Å². The summed E-state index contributed by atoms with van der Waals surface area (Å²) < 4.78 is 10.5. The van der Waals surface area contributed by atoms with Crippen LogP contribution < -0.4 is 15.8 Å². The molecular weight excluding hydrogens is 294 g/mol. The van der Waals surface area contributed by atoms with Crippen LogP contribution in [0.15, 0.2) is 34.9 Å². The summed E-state index contributed by atoms with van der Waals surface area (Å²) in [4.78, 5) is 11.8. The minimum absolute atomic E-state index is 0.294. The number of anilines is 2. The lowest BCUT2D eigenvalue weighted by molar-refractivity contribution is -0.111. The smallest absolute Gasteiger partial charge is 0.249 e. The van der Waals surface area contributed by atoms with Gasteiger partial charge >= 0.3 is 0 Å². The molecule has 0 saturated carbocycles. The normalized spacial score (nSPS) is 11.1. The zero-order chi connectivity index (χ0) is 16.8. The zero-order valence-corrected chi connectivity index (χ0v) is 13.5. The first-order valence-electron chi connectivity index (χ1n) is 7.38. The maximum atomic E-state index is 11.8. The van der Waals surface area contributed by atoms with Crippen molar-refractivity contribution in [3.8, 4) is 5.75 Å². The van der Waals surface area contributed by atoms with Crippen molar-refractivity contribution in [1.29, 1.82) is 0 Å². The number of hydrogen-bond acceptors (Lipinski definition) is 5. The number of rotatable bonds is 6. The van der Waals surface area contributed by atoms with Crippen molar-refractivity contribution in [2.24, 2.45) is 5.92 Å². The summed E-state index contributed by atoms with van der Waals surface area (Å²) in [6, 6.07) is 7.05. The van der Waals surface area contributed by atoms with Gasteiger partial charge in [-0.3, -0.25) is 4.79 Å². The van der Waals surface area contributed by atoms with E-state index in [9.17, 15) is 4.79 Å². The third kappa shape index (κ3) is 5.18. The average Bonchev–Trinajstić information content (AvgIpc) is 2.89. The molecule has 122 valence electrons. The lowest BCUT2D eigenvalue weighted by atomic mass is 10.1. The number of hydrogen-bond donors (Lipinski definition) is 2. The van der Waals surface area contributed by atoms with Gasteiger partial charge in [-0.2, -0.15) is 0 Å². The Morgan fingerprint density at radius 1 is 1.43 bits per heavy atom. The van der Waals surface area contributed by atoms with Gasteiger partial charge in [0.1, 0.15) is 11.5 Å². The Hall–Kier alpha value is -2.76. The quantitative estimate of drug-likeness (QED) is 0.631. The van der Waals surface area contributed by atoms with Gasteiger partial charge in [-0.1, -0.05) is 25.1 Å². The van der Waals surface area contributed by atoms with E-state index >= 15 is 0 Å². The molecule has 0 unspecified atom stereocenters. The van der Waals surface area contributed by atoms with Crippen LogP contribution in [0.3, 0.4) is 0 Å². The molecule has 0 radical (unpaired) electrons. The van der Waals surface area contributed by atoms with E-state index in [1.54, 1.807) is 31.2 Å². The fourth-order valence-corrected chi connectivity index (χ4v) is 1.82. The number of benzene rings is 1. The summed E-state index contributed by atoms with van der Waals surface area (Å²) in [5.74, 6) is 1.80. The number of aromatic nitrogens is 1. The van der Waals surface area contributed by atoms with Gasteiger partial charge < -0.3 is 20.3 Å². The second-order valence-electron chi connectivity index (χ2n) is 5.65. The maximum absolute atomic E-state index is 11.8. The van der Waals surface area contributed by atoms with Crippen LogP contribution >= 0.6 is 0 Å². The molecule has 1 amide bonds. The average molecular weight is 315 g/mol. The molecule has 0 atom stereocenters. The Kier molecular flexibility index (Phi) is 5.41. The maximum Gasteiger partial charge on any atom is 0.249 e. The van der Waals surface area contributed by atoms with E-state index in [0.29, 0.717) is 35.5 Å². The molecule has 1 heterocycles. The SMILES string of the molecule is Cc1cc(NC(=O)/C=C\c2ccc(OCC(C)C)c(N)c2)no1. The molecule has 1 aromatic heterocycles. The molecule has 0 fully saturated rings. The predicted molar refractivity (Wildman–Crippen MR) is 90.1 cm³/mol. The van der Waals surface area contributed by atoms with Gasteiger partial charge in [0, 0.05) is 12.1 Å². The van der Waals surface area contributed by atoms with E-state index in [0.717, 1.165) is 5.56 Å². The minimum atomic E-state index is -0.294. The number of nitrogens with two attached hydrogens (primary N) is 1. The standard InChI is InChI=1S/C17H21N3O3/c1-11(2)10-22-15-6-4-13(9-14(15)18)5-7-17(21)19-16-8-12(3)23-20-16/h4-9,11H,10,18H2,1-3H3,(H,19,20,21)/b7-5-. The summed E-state index contributed by atoms with van der Waals surface area (Å²) in [6.45, 7) is 6.51. The monoisotopic (exact) mass is 315 g/mol. The van der Waals surface area contributed by atoms with Gasteiger partial charge in [0.2, 0.25) is 5.91 Å². The Labute approximate surface area is 135 Å². The highest BCUT2D eigenvalue weighted by Gasteiger charge is 2.04. The largest absolute Gasteiger partial charge is 0.491 e. The van der Waals surface area contributed by atoms with Crippen LogP contribution in [0.5, 0.6) is 5.75 Å². The van der Waals surface area contributed by atoms with E-state index in [4.69, 9.17) is 15.0 Å². The first-order valence-corrected chi connectivity index (χ1v) is 7.38. The molecule has 0 aliphatic heterocycles. The Morgan fingerprint density at radius 3 is 2.83 bits per heavy atom. The number of carbonyl (C=O) groups is 1. The summed E-state index contributed by atoms with van der Waals surface area (Å²) in [5.41, 5.74) is 7.31. The van der Waals surface area contributed by atoms with E-state index < -0.39 is 0 Å². The van der Waals surface area contributed by atoms with Gasteiger partial charge in [-0.25, -0.2) is 0 Å². The second-order valence-corrected chi connectivity index (χ2v) is 5.65. The number of nitrogens with zero attached hydrogens (tertiary/aromatic N) is 1. The molecule has 2 rings (SSSR count). The van der Waals surface area contributed by atoms with Gasteiger partial charge in [0.25, 0.3) is 0 Å². The lowest BCUT2D eigenvalue weighted by Crippen LogP contribution is -2.08. The van der Waals surface area contributed by atoms with Crippen molar-refractivity contribution in [3.05, 3.63) is 41.7 Å². The fourth-order valence-electron chi connectivity index (χ4n) is 1.82. The molecule has 1 aromatic carbocycles. The Bertz CT molecular complexity index is 705. The van der Waals surface area contributed by atoms with Crippen molar-refractivity contribution in [1.82, 2.24) is 5.16 Å². The first-order chi connectivity index (χ1) is 10.9. The summed E-state index contributed by atoms with van der Waals surface area (Å²) >= 11 is 0. The minimum Gasteiger partial charge on any atom is -0.491 e. The molecule has 6 nitrogen and oxygen atoms in total. The van der Waals surface area contributed by atoms with E-state index in [2.05, 4.69) is 24.3 Å². The molecule has 0 bridgehead atoms. The Balaban J connectivity index is 1.96. The molecule has 0 saturated heterocycles. The van der Waals surface area contributed by atoms with Crippen molar-refractivity contribution in [3.63, 3.8) is 0 Å². The van der Waals surface area contributed by atoms with Crippen LogP contribution in [0.25, 0.3) is 6.08 Å². The molecule has 0 spiro atoms. The number of nitrogen functional groups attached to an aromatic ring is 1. The van der Waals surface area contributed by atoms with Gasteiger partial charge in [-0.05, 0) is 36.6 Å². The topological polar surface area (TPSA) is 90.4 Å². The number of amides is 1. The highest BCUT2D eigenvalue weighted by molar-refractivity contribution is 6.01. The van der Waals surface area contributed by atoms with Gasteiger partial charge in [-0.15, -0.1) is 0 Å². The van der Waals surface area contributed by atoms with Gasteiger partial charge in [0.15, 0.2) is 5.82 Å². The first kappa shape index (κ1) is 16.6. The van der Waals surface area contributed by atoms with Crippen molar-refractivity contribution in [2.45, 2.75) is 20.8 Å². The molecule has 0 aliphatic carbocycles. The summed E-state index contributed by atoms with van der Waals surface area (Å²) in [6.07, 6.45) is 3.08. The zero-order valence-electron chi connectivity index (χ0n) is 13.5. The molecule has 3 N–H and O–H groups in total.